The first-order chi connectivity index (χ1) is 9.30. The molecule has 0 N–H and O–H groups in total. The Morgan fingerprint density at radius 2 is 2.00 bits per heavy atom. The Bertz CT molecular complexity index is 490. The maximum absolute atomic E-state index is 12.6. The molecule has 0 fully saturated rings. The van der Waals surface area contributed by atoms with Gasteiger partial charge in [-0.1, -0.05) is 0 Å². The zero-order valence-corrected chi connectivity index (χ0v) is 10.6. The summed E-state index contributed by atoms with van der Waals surface area (Å²) in [5.41, 5.74) is -0.516. The van der Waals surface area contributed by atoms with Crippen LogP contribution in [-0.4, -0.2) is 31.5 Å². The minimum atomic E-state index is -4.98. The van der Waals surface area contributed by atoms with E-state index in [1.165, 1.54) is 0 Å². The molecule has 0 bridgehead atoms. The number of carbonyl (C=O) groups excluding carboxylic acids is 1. The third kappa shape index (κ3) is 4.25. The van der Waals surface area contributed by atoms with Crippen LogP contribution in [0.15, 0.2) is 6.07 Å². The number of hydrogen-bond acceptors (Lipinski definition) is 5. The van der Waals surface area contributed by atoms with Gasteiger partial charge in [-0.15, -0.1) is 13.2 Å². The highest BCUT2D eigenvalue weighted by Crippen LogP contribution is 2.35. The molecule has 0 aromatic carbocycles. The van der Waals surface area contributed by atoms with Crippen molar-refractivity contribution < 1.29 is 36.6 Å². The second kappa shape index (κ2) is 6.40. The van der Waals surface area contributed by atoms with E-state index in [0.717, 1.165) is 20.3 Å². The number of methoxy groups -OCH3 is 2. The van der Waals surface area contributed by atoms with Crippen LogP contribution in [0.25, 0.3) is 0 Å². The van der Waals surface area contributed by atoms with Gasteiger partial charge in [0.05, 0.1) is 32.0 Å². The Hall–Kier alpha value is -2.06. The number of pyridine rings is 1. The average Bonchev–Trinajstić information content (AvgIpc) is 2.36. The van der Waals surface area contributed by atoms with Gasteiger partial charge in [-0.05, 0) is 0 Å². The molecule has 0 aliphatic carbocycles. The number of hydrogen-bond donors (Lipinski definition) is 0. The van der Waals surface area contributed by atoms with E-state index in [4.69, 9.17) is 4.74 Å². The Balaban J connectivity index is 3.27. The minimum Gasteiger partial charge on any atom is -0.491 e. The van der Waals surface area contributed by atoms with E-state index < -0.39 is 36.9 Å². The fraction of sp³-hybridized carbons (Fsp3) is 0.455. The van der Waals surface area contributed by atoms with Crippen molar-refractivity contribution in [2.75, 3.05) is 14.2 Å². The molecule has 20 heavy (non-hydrogen) atoms. The lowest BCUT2D eigenvalue weighted by atomic mass is 10.2. The van der Waals surface area contributed by atoms with Crippen molar-refractivity contribution in [1.29, 1.82) is 0 Å². The molecule has 1 rings (SSSR count). The van der Waals surface area contributed by atoms with Gasteiger partial charge in [-0.25, -0.2) is 4.39 Å². The van der Waals surface area contributed by atoms with E-state index in [-0.39, 0.29) is 11.4 Å². The summed E-state index contributed by atoms with van der Waals surface area (Å²) in [4.78, 5) is 14.9. The van der Waals surface area contributed by atoms with E-state index in [1.54, 1.807) is 0 Å². The zero-order valence-electron chi connectivity index (χ0n) is 10.6. The predicted octanol–water partition coefficient (Wildman–Crippen LogP) is 2.17. The van der Waals surface area contributed by atoms with E-state index in [0.29, 0.717) is 0 Å². The standard InChI is InChI=1S/C11H11F4NO4/c1-18-9(17)4-7-10(19-2)8(20-11(13,14)15)3-6(5-12)16-7/h3H,4-5H2,1-2H3. The van der Waals surface area contributed by atoms with Gasteiger partial charge in [0, 0.05) is 6.07 Å². The molecule has 5 nitrogen and oxygen atoms in total. The number of alkyl halides is 4. The Morgan fingerprint density at radius 3 is 2.45 bits per heavy atom. The predicted molar refractivity (Wildman–Crippen MR) is 58.0 cm³/mol. The van der Waals surface area contributed by atoms with Crippen LogP contribution in [0.5, 0.6) is 11.5 Å². The molecule has 0 saturated heterocycles. The first-order valence-electron chi connectivity index (χ1n) is 5.26. The lowest BCUT2D eigenvalue weighted by Crippen LogP contribution is -2.19. The van der Waals surface area contributed by atoms with Crippen LogP contribution in [0.1, 0.15) is 11.4 Å². The van der Waals surface area contributed by atoms with E-state index in [2.05, 4.69) is 14.5 Å². The van der Waals surface area contributed by atoms with Crippen molar-refractivity contribution in [2.45, 2.75) is 19.5 Å². The summed E-state index contributed by atoms with van der Waals surface area (Å²) < 4.78 is 62.3. The lowest BCUT2D eigenvalue weighted by molar-refractivity contribution is -0.275. The van der Waals surface area contributed by atoms with Crippen molar-refractivity contribution in [1.82, 2.24) is 4.98 Å². The molecule has 0 atom stereocenters. The fourth-order valence-electron chi connectivity index (χ4n) is 1.43. The number of rotatable bonds is 5. The average molecular weight is 297 g/mol. The molecule has 0 unspecified atom stereocenters. The molecule has 112 valence electrons. The summed E-state index contributed by atoms with van der Waals surface area (Å²) >= 11 is 0. The van der Waals surface area contributed by atoms with Gasteiger partial charge in [0.15, 0.2) is 11.5 Å². The highest BCUT2D eigenvalue weighted by Gasteiger charge is 2.33. The first kappa shape index (κ1) is 16.0. The van der Waals surface area contributed by atoms with Gasteiger partial charge < -0.3 is 14.2 Å². The van der Waals surface area contributed by atoms with Crippen molar-refractivity contribution in [3.63, 3.8) is 0 Å². The van der Waals surface area contributed by atoms with Gasteiger partial charge in [-0.3, -0.25) is 9.78 Å². The number of carbonyl (C=O) groups is 1. The van der Waals surface area contributed by atoms with Crippen LogP contribution in [-0.2, 0) is 22.6 Å². The van der Waals surface area contributed by atoms with Gasteiger partial charge >= 0.3 is 12.3 Å². The molecule has 0 aliphatic rings. The molecule has 0 saturated carbocycles. The number of halogens is 4. The molecule has 0 radical (unpaired) electrons. The Kier molecular flexibility index (Phi) is 5.12. The van der Waals surface area contributed by atoms with Crippen LogP contribution in [0.2, 0.25) is 0 Å². The summed E-state index contributed by atoms with van der Waals surface area (Å²) in [7, 11) is 2.18. The van der Waals surface area contributed by atoms with Crippen LogP contribution >= 0.6 is 0 Å². The van der Waals surface area contributed by atoms with Crippen LogP contribution in [0.4, 0.5) is 17.6 Å². The normalized spacial score (nSPS) is 11.1. The van der Waals surface area contributed by atoms with Crippen molar-refractivity contribution in [3.8, 4) is 11.5 Å². The molecule has 1 aromatic rings. The van der Waals surface area contributed by atoms with Crippen molar-refractivity contribution >= 4 is 5.97 Å². The quantitative estimate of drug-likeness (QED) is 0.616. The summed E-state index contributed by atoms with van der Waals surface area (Å²) in [5.74, 6) is -1.92. The molecular weight excluding hydrogens is 286 g/mol. The Labute approximate surface area is 111 Å². The molecule has 1 heterocycles. The summed E-state index contributed by atoms with van der Waals surface area (Å²) in [6.45, 7) is -1.12. The zero-order chi connectivity index (χ0) is 15.3. The van der Waals surface area contributed by atoms with Crippen LogP contribution < -0.4 is 9.47 Å². The molecule has 0 aliphatic heterocycles. The summed E-state index contributed by atoms with van der Waals surface area (Å²) in [6, 6.07) is 0.757. The maximum Gasteiger partial charge on any atom is 0.573 e. The third-order valence-corrected chi connectivity index (χ3v) is 2.17. The SMILES string of the molecule is COC(=O)Cc1nc(CF)cc(OC(F)(F)F)c1OC. The van der Waals surface area contributed by atoms with Gasteiger partial charge in [0.1, 0.15) is 6.67 Å². The smallest absolute Gasteiger partial charge is 0.491 e. The van der Waals surface area contributed by atoms with E-state index in [1.807, 2.05) is 0 Å². The molecule has 1 aromatic heterocycles. The molecule has 0 spiro atoms. The highest BCUT2D eigenvalue weighted by atomic mass is 19.4. The maximum atomic E-state index is 12.6. The topological polar surface area (TPSA) is 57.7 Å². The molecule has 9 heteroatoms. The number of esters is 1. The number of ether oxygens (including phenoxy) is 3. The van der Waals surface area contributed by atoms with Gasteiger partial charge in [-0.2, -0.15) is 0 Å². The van der Waals surface area contributed by atoms with Crippen molar-refractivity contribution in [2.24, 2.45) is 0 Å². The monoisotopic (exact) mass is 297 g/mol. The van der Waals surface area contributed by atoms with E-state index in [9.17, 15) is 22.4 Å². The minimum absolute atomic E-state index is 0.200. The van der Waals surface area contributed by atoms with Gasteiger partial charge in [0.25, 0.3) is 0 Å². The molecule has 0 amide bonds. The third-order valence-electron chi connectivity index (χ3n) is 2.17. The van der Waals surface area contributed by atoms with Crippen LogP contribution in [0.3, 0.4) is 0 Å². The Morgan fingerprint density at radius 1 is 1.35 bits per heavy atom. The van der Waals surface area contributed by atoms with Gasteiger partial charge in [0.2, 0.25) is 0 Å². The number of nitrogens with zero attached hydrogens (tertiary/aromatic N) is 1. The largest absolute Gasteiger partial charge is 0.573 e. The van der Waals surface area contributed by atoms with Crippen LogP contribution in [0, 0.1) is 0 Å². The first-order valence-corrected chi connectivity index (χ1v) is 5.26. The van der Waals surface area contributed by atoms with E-state index >= 15 is 0 Å². The van der Waals surface area contributed by atoms with Crippen molar-refractivity contribution in [3.05, 3.63) is 17.5 Å². The summed E-state index contributed by atoms with van der Waals surface area (Å²) in [6.07, 6.45) is -5.45. The summed E-state index contributed by atoms with van der Waals surface area (Å²) in [5, 5.41) is 0. The number of aromatic nitrogens is 1. The second-order valence-corrected chi connectivity index (χ2v) is 3.53. The fourth-order valence-corrected chi connectivity index (χ4v) is 1.43. The molecular formula is C11H11F4NO4. The lowest BCUT2D eigenvalue weighted by Gasteiger charge is -2.15. The second-order valence-electron chi connectivity index (χ2n) is 3.53. The highest BCUT2D eigenvalue weighted by molar-refractivity contribution is 5.73.